The van der Waals surface area contributed by atoms with E-state index in [2.05, 4.69) is 16.0 Å². The number of rotatable bonds is 11. The molecular weight excluding hydrogens is 390 g/mol. The fourth-order valence-corrected chi connectivity index (χ4v) is 2.72. The molecule has 0 bridgehead atoms. The molecule has 4 atom stereocenters. The third kappa shape index (κ3) is 9.34. The number of aliphatic hydroxyl groups is 2. The number of aliphatic hydroxyl groups excluding tert-OH is 2. The SMILES string of the molecule is CCCC(NC(=O)OC(C)(C)C)C(O)[C@H](O)NCC(=O)N[C@H](C=O)c1ccccc1. The average molecular weight is 424 g/mol. The molecule has 5 N–H and O–H groups in total. The van der Waals surface area contributed by atoms with Crippen molar-refractivity contribution in [1.82, 2.24) is 16.0 Å². The summed E-state index contributed by atoms with van der Waals surface area (Å²) >= 11 is 0. The van der Waals surface area contributed by atoms with Crippen LogP contribution in [-0.4, -0.2) is 59.0 Å². The first kappa shape index (κ1) is 25.5. The molecule has 9 nitrogen and oxygen atoms in total. The number of carbonyl (C=O) groups excluding carboxylic acids is 3. The van der Waals surface area contributed by atoms with E-state index in [-0.39, 0.29) is 6.54 Å². The minimum atomic E-state index is -1.48. The van der Waals surface area contributed by atoms with Gasteiger partial charge in [-0.25, -0.2) is 4.79 Å². The number of aldehydes is 1. The third-order valence-corrected chi connectivity index (χ3v) is 4.12. The zero-order chi connectivity index (χ0) is 22.7. The summed E-state index contributed by atoms with van der Waals surface area (Å²) in [4.78, 5) is 35.4. The van der Waals surface area contributed by atoms with Crippen molar-refractivity contribution >= 4 is 18.3 Å². The van der Waals surface area contributed by atoms with Gasteiger partial charge in [-0.1, -0.05) is 43.7 Å². The van der Waals surface area contributed by atoms with Gasteiger partial charge < -0.3 is 30.4 Å². The molecule has 30 heavy (non-hydrogen) atoms. The molecule has 1 aromatic rings. The molecule has 0 fully saturated rings. The number of carbonyl (C=O) groups is 3. The van der Waals surface area contributed by atoms with Crippen LogP contribution in [0.4, 0.5) is 4.79 Å². The minimum Gasteiger partial charge on any atom is -0.444 e. The lowest BCUT2D eigenvalue weighted by molar-refractivity contribution is -0.124. The van der Waals surface area contributed by atoms with E-state index in [1.165, 1.54) is 0 Å². The summed E-state index contributed by atoms with van der Waals surface area (Å²) < 4.78 is 5.18. The first-order chi connectivity index (χ1) is 14.1. The Hall–Kier alpha value is -2.49. The smallest absolute Gasteiger partial charge is 0.407 e. The molecule has 2 unspecified atom stereocenters. The highest BCUT2D eigenvalue weighted by Gasteiger charge is 2.29. The predicted molar refractivity (Wildman–Crippen MR) is 111 cm³/mol. The molecule has 0 aromatic heterocycles. The molecule has 0 saturated heterocycles. The average Bonchev–Trinajstić information content (AvgIpc) is 2.68. The summed E-state index contributed by atoms with van der Waals surface area (Å²) in [5, 5.41) is 28.2. The zero-order valence-electron chi connectivity index (χ0n) is 17.9. The van der Waals surface area contributed by atoms with Crippen LogP contribution >= 0.6 is 0 Å². The van der Waals surface area contributed by atoms with Crippen LogP contribution in [-0.2, 0) is 14.3 Å². The quantitative estimate of drug-likeness (QED) is 0.265. The van der Waals surface area contributed by atoms with Crippen LogP contribution in [0.2, 0.25) is 0 Å². The van der Waals surface area contributed by atoms with Crippen molar-refractivity contribution < 1.29 is 29.3 Å². The number of nitrogens with one attached hydrogen (secondary N) is 3. The number of alkyl carbamates (subject to hydrolysis) is 1. The van der Waals surface area contributed by atoms with Crippen LogP contribution in [0.5, 0.6) is 0 Å². The summed E-state index contributed by atoms with van der Waals surface area (Å²) in [5.74, 6) is -0.533. The van der Waals surface area contributed by atoms with Gasteiger partial charge in [-0.05, 0) is 32.8 Å². The standard InChI is InChI=1S/C21H33N3O6/c1-5-9-15(24-20(29)30-21(2,3)4)18(27)19(28)22-12-17(26)23-16(13-25)14-10-7-6-8-11-14/h6-8,10-11,13,15-16,18-19,22,27-28H,5,9,12H2,1-4H3,(H,23,26)(H,24,29)/t15?,16-,18?,19+/m1/s1. The van der Waals surface area contributed by atoms with Crippen molar-refractivity contribution in [2.45, 2.75) is 70.6 Å². The molecule has 0 heterocycles. The summed E-state index contributed by atoms with van der Waals surface area (Å²) in [7, 11) is 0. The summed E-state index contributed by atoms with van der Waals surface area (Å²) in [6, 6.07) is 7.13. The maximum absolute atomic E-state index is 12.1. The summed E-state index contributed by atoms with van der Waals surface area (Å²) in [6.45, 7) is 6.69. The zero-order valence-corrected chi connectivity index (χ0v) is 17.9. The molecule has 0 aliphatic heterocycles. The topological polar surface area (TPSA) is 137 Å². The van der Waals surface area contributed by atoms with Crippen LogP contribution < -0.4 is 16.0 Å². The lowest BCUT2D eigenvalue weighted by Gasteiger charge is -2.29. The highest BCUT2D eigenvalue weighted by atomic mass is 16.6. The van der Waals surface area contributed by atoms with Crippen molar-refractivity contribution in [2.75, 3.05) is 6.54 Å². The molecule has 0 aliphatic rings. The number of amides is 2. The Labute approximate surface area is 177 Å². The lowest BCUT2D eigenvalue weighted by Crippen LogP contribution is -2.55. The largest absolute Gasteiger partial charge is 0.444 e. The first-order valence-corrected chi connectivity index (χ1v) is 9.96. The predicted octanol–water partition coefficient (Wildman–Crippen LogP) is 1.01. The van der Waals surface area contributed by atoms with Crippen molar-refractivity contribution in [2.24, 2.45) is 0 Å². The molecule has 0 spiro atoms. The van der Waals surface area contributed by atoms with Gasteiger partial charge >= 0.3 is 6.09 Å². The Kier molecular flexibility index (Phi) is 10.4. The Morgan fingerprint density at radius 2 is 1.77 bits per heavy atom. The van der Waals surface area contributed by atoms with E-state index in [1.807, 2.05) is 6.92 Å². The molecule has 9 heteroatoms. The number of hydrogen-bond donors (Lipinski definition) is 5. The summed E-state index contributed by atoms with van der Waals surface area (Å²) in [6.07, 6.45) is -1.91. The Bertz CT molecular complexity index is 677. The van der Waals surface area contributed by atoms with Gasteiger partial charge in [0, 0.05) is 0 Å². The van der Waals surface area contributed by atoms with Crippen molar-refractivity contribution in [3.8, 4) is 0 Å². The van der Waals surface area contributed by atoms with Gasteiger partial charge in [0.15, 0.2) is 0 Å². The van der Waals surface area contributed by atoms with Crippen LogP contribution in [0.25, 0.3) is 0 Å². The maximum Gasteiger partial charge on any atom is 0.407 e. The van der Waals surface area contributed by atoms with Crippen LogP contribution in [0.3, 0.4) is 0 Å². The van der Waals surface area contributed by atoms with Crippen molar-refractivity contribution in [1.29, 1.82) is 0 Å². The highest BCUT2D eigenvalue weighted by Crippen LogP contribution is 2.11. The van der Waals surface area contributed by atoms with Gasteiger partial charge in [-0.15, -0.1) is 0 Å². The normalized spacial score (nSPS) is 15.4. The Morgan fingerprint density at radius 3 is 2.30 bits per heavy atom. The monoisotopic (exact) mass is 423 g/mol. The minimum absolute atomic E-state index is 0.333. The van der Waals surface area contributed by atoms with E-state index in [1.54, 1.807) is 51.1 Å². The second kappa shape index (κ2) is 12.3. The van der Waals surface area contributed by atoms with E-state index < -0.39 is 42.0 Å². The fraction of sp³-hybridized carbons (Fsp3) is 0.571. The van der Waals surface area contributed by atoms with Gasteiger partial charge in [0.1, 0.15) is 30.3 Å². The van der Waals surface area contributed by atoms with E-state index >= 15 is 0 Å². The van der Waals surface area contributed by atoms with Crippen molar-refractivity contribution in [3.63, 3.8) is 0 Å². The van der Waals surface area contributed by atoms with E-state index in [0.717, 1.165) is 0 Å². The van der Waals surface area contributed by atoms with Crippen molar-refractivity contribution in [3.05, 3.63) is 35.9 Å². The summed E-state index contributed by atoms with van der Waals surface area (Å²) in [5.41, 5.74) is -0.0692. The second-order valence-corrected chi connectivity index (χ2v) is 7.95. The molecule has 0 saturated carbocycles. The van der Waals surface area contributed by atoms with E-state index in [0.29, 0.717) is 24.7 Å². The molecule has 0 radical (unpaired) electrons. The molecule has 168 valence electrons. The van der Waals surface area contributed by atoms with Gasteiger partial charge in [0.05, 0.1) is 12.6 Å². The first-order valence-electron chi connectivity index (χ1n) is 9.96. The Balaban J connectivity index is 2.59. The Morgan fingerprint density at radius 1 is 1.13 bits per heavy atom. The van der Waals surface area contributed by atoms with Gasteiger partial charge in [0.25, 0.3) is 0 Å². The molecular formula is C21H33N3O6. The molecule has 1 rings (SSSR count). The van der Waals surface area contributed by atoms with Crippen LogP contribution in [0.1, 0.15) is 52.1 Å². The van der Waals surface area contributed by atoms with E-state index in [4.69, 9.17) is 4.74 Å². The lowest BCUT2D eigenvalue weighted by atomic mass is 10.0. The molecule has 2 amide bonds. The number of ether oxygens (including phenoxy) is 1. The molecule has 0 aliphatic carbocycles. The van der Waals surface area contributed by atoms with Crippen LogP contribution in [0.15, 0.2) is 30.3 Å². The highest BCUT2D eigenvalue weighted by molar-refractivity contribution is 5.81. The van der Waals surface area contributed by atoms with Crippen LogP contribution in [0, 0.1) is 0 Å². The molecule has 1 aromatic carbocycles. The maximum atomic E-state index is 12.1. The van der Waals surface area contributed by atoms with E-state index in [9.17, 15) is 24.6 Å². The fourth-order valence-electron chi connectivity index (χ4n) is 2.72. The third-order valence-electron chi connectivity index (χ3n) is 4.12. The number of hydrogen-bond acceptors (Lipinski definition) is 7. The number of benzene rings is 1. The van der Waals surface area contributed by atoms with Gasteiger partial charge in [0.2, 0.25) is 5.91 Å². The van der Waals surface area contributed by atoms with Gasteiger partial charge in [-0.2, -0.15) is 0 Å². The van der Waals surface area contributed by atoms with Gasteiger partial charge in [-0.3, -0.25) is 10.1 Å². The second-order valence-electron chi connectivity index (χ2n) is 7.95.